The van der Waals surface area contributed by atoms with Gasteiger partial charge in [-0.2, -0.15) is 0 Å². The molecule has 2 heteroatoms. The zero-order chi connectivity index (χ0) is 8.97. The smallest absolute Gasteiger partial charge is 0.127 e. The monoisotopic (exact) mass is 229 g/mol. The summed E-state index contributed by atoms with van der Waals surface area (Å²) < 4.78 is 14.0. The van der Waals surface area contributed by atoms with Crippen molar-refractivity contribution >= 4 is 15.9 Å². The van der Waals surface area contributed by atoms with E-state index in [9.17, 15) is 4.39 Å². The highest BCUT2D eigenvalue weighted by molar-refractivity contribution is 9.10. The molecular formula is C10H11BrF. The summed E-state index contributed by atoms with van der Waals surface area (Å²) >= 11 is 3.32. The van der Waals surface area contributed by atoms with E-state index in [2.05, 4.69) is 22.9 Å². The first-order valence-corrected chi connectivity index (χ1v) is 4.77. The summed E-state index contributed by atoms with van der Waals surface area (Å²) in [5.74, 6) is -0.127. The Balaban J connectivity index is 2.81. The van der Waals surface area contributed by atoms with Gasteiger partial charge < -0.3 is 0 Å². The lowest BCUT2D eigenvalue weighted by atomic mass is 10.1. The molecule has 0 saturated carbocycles. The second kappa shape index (κ2) is 4.61. The number of benzene rings is 1. The van der Waals surface area contributed by atoms with Crippen LogP contribution in [0, 0.1) is 12.7 Å². The Morgan fingerprint density at radius 2 is 2.17 bits per heavy atom. The highest BCUT2D eigenvalue weighted by atomic mass is 79.9. The van der Waals surface area contributed by atoms with E-state index in [0.29, 0.717) is 0 Å². The molecule has 0 aliphatic carbocycles. The molecule has 0 N–H and O–H groups in total. The third-order valence-corrected chi connectivity index (χ3v) is 2.48. The van der Waals surface area contributed by atoms with Crippen molar-refractivity contribution in [1.82, 2.24) is 0 Å². The van der Waals surface area contributed by atoms with Gasteiger partial charge in [0.2, 0.25) is 0 Å². The fourth-order valence-electron chi connectivity index (χ4n) is 1.07. The molecule has 0 heterocycles. The Bertz CT molecular complexity index is 238. The molecule has 12 heavy (non-hydrogen) atoms. The maximum absolute atomic E-state index is 13.1. The molecule has 0 atom stereocenters. The molecule has 0 amide bonds. The number of hydrogen-bond donors (Lipinski definition) is 0. The predicted octanol–water partition coefficient (Wildman–Crippen LogP) is 3.74. The topological polar surface area (TPSA) is 0 Å². The molecule has 0 nitrogen and oxygen atoms in total. The van der Waals surface area contributed by atoms with Gasteiger partial charge in [-0.1, -0.05) is 35.3 Å². The van der Waals surface area contributed by atoms with Gasteiger partial charge in [0.15, 0.2) is 0 Å². The van der Waals surface area contributed by atoms with Crippen molar-refractivity contribution in [2.45, 2.75) is 19.3 Å². The van der Waals surface area contributed by atoms with Crippen LogP contribution in [0.15, 0.2) is 22.7 Å². The Kier molecular flexibility index (Phi) is 3.73. The molecule has 0 aromatic heterocycles. The lowest BCUT2D eigenvalue weighted by molar-refractivity contribution is 0.603. The first kappa shape index (κ1) is 9.72. The predicted molar refractivity (Wildman–Crippen MR) is 52.4 cm³/mol. The summed E-state index contributed by atoms with van der Waals surface area (Å²) in [5.41, 5.74) is 0.765. The van der Waals surface area contributed by atoms with Gasteiger partial charge in [0.05, 0.1) is 0 Å². The normalized spacial score (nSPS) is 10.2. The first-order valence-electron chi connectivity index (χ1n) is 3.98. The Hall–Kier alpha value is -0.370. The summed E-state index contributed by atoms with van der Waals surface area (Å²) in [6.45, 7) is 3.72. The van der Waals surface area contributed by atoms with Crippen molar-refractivity contribution in [2.75, 3.05) is 0 Å². The summed E-state index contributed by atoms with van der Waals surface area (Å²) in [4.78, 5) is 0. The highest BCUT2D eigenvalue weighted by Gasteiger charge is 2.04. The van der Waals surface area contributed by atoms with Crippen LogP contribution in [0.2, 0.25) is 0 Å². The van der Waals surface area contributed by atoms with Crippen LogP contribution in [0.25, 0.3) is 0 Å². The standard InChI is InChI=1S/C10H11BrF/c1-2-3-5-8-9(11)6-4-7-10(8)12/h4,6-7H,1-3,5H2. The van der Waals surface area contributed by atoms with Crippen LogP contribution in [0.3, 0.4) is 0 Å². The third-order valence-electron chi connectivity index (χ3n) is 1.74. The molecule has 1 aromatic rings. The molecule has 0 saturated heterocycles. The van der Waals surface area contributed by atoms with Gasteiger partial charge in [-0.15, -0.1) is 0 Å². The second-order valence-electron chi connectivity index (χ2n) is 2.66. The molecule has 0 unspecified atom stereocenters. The van der Waals surface area contributed by atoms with Gasteiger partial charge in [-0.3, -0.25) is 0 Å². The van der Waals surface area contributed by atoms with Crippen molar-refractivity contribution in [3.05, 3.63) is 41.0 Å². The van der Waals surface area contributed by atoms with E-state index in [0.717, 1.165) is 29.3 Å². The highest BCUT2D eigenvalue weighted by Crippen LogP contribution is 2.21. The van der Waals surface area contributed by atoms with Crippen LogP contribution in [-0.2, 0) is 6.42 Å². The van der Waals surface area contributed by atoms with E-state index in [1.54, 1.807) is 6.07 Å². The van der Waals surface area contributed by atoms with Crippen LogP contribution < -0.4 is 0 Å². The third kappa shape index (κ3) is 2.31. The van der Waals surface area contributed by atoms with Gasteiger partial charge in [-0.25, -0.2) is 4.39 Å². The summed E-state index contributed by atoms with van der Waals surface area (Å²) in [6.07, 6.45) is 2.54. The minimum Gasteiger partial charge on any atom is -0.207 e. The minimum atomic E-state index is -0.127. The van der Waals surface area contributed by atoms with Crippen molar-refractivity contribution < 1.29 is 4.39 Å². The van der Waals surface area contributed by atoms with E-state index >= 15 is 0 Å². The minimum absolute atomic E-state index is 0.127. The largest absolute Gasteiger partial charge is 0.207 e. The van der Waals surface area contributed by atoms with Crippen LogP contribution >= 0.6 is 15.9 Å². The molecule has 0 aliphatic heterocycles. The molecule has 0 spiro atoms. The lowest BCUT2D eigenvalue weighted by Crippen LogP contribution is -1.91. The molecule has 65 valence electrons. The van der Waals surface area contributed by atoms with E-state index in [4.69, 9.17) is 0 Å². The average molecular weight is 230 g/mol. The number of hydrogen-bond acceptors (Lipinski definition) is 0. The van der Waals surface area contributed by atoms with Crippen molar-refractivity contribution in [3.63, 3.8) is 0 Å². The van der Waals surface area contributed by atoms with E-state index < -0.39 is 0 Å². The molecule has 0 bridgehead atoms. The molecular weight excluding hydrogens is 219 g/mol. The maximum atomic E-state index is 13.1. The number of rotatable bonds is 3. The SMILES string of the molecule is [CH2]CCCc1c(F)cccc1Br. The zero-order valence-corrected chi connectivity index (χ0v) is 8.40. The first-order chi connectivity index (χ1) is 5.75. The fraction of sp³-hybridized carbons (Fsp3) is 0.300. The van der Waals surface area contributed by atoms with Crippen LogP contribution in [0.1, 0.15) is 18.4 Å². The average Bonchev–Trinajstić information content (AvgIpc) is 2.04. The Labute approximate surface area is 80.9 Å². The Morgan fingerprint density at radius 3 is 2.75 bits per heavy atom. The van der Waals surface area contributed by atoms with E-state index in [1.165, 1.54) is 6.07 Å². The van der Waals surface area contributed by atoms with Gasteiger partial charge in [0.1, 0.15) is 5.82 Å². The van der Waals surface area contributed by atoms with Crippen molar-refractivity contribution in [1.29, 1.82) is 0 Å². The summed E-state index contributed by atoms with van der Waals surface area (Å²) in [5, 5.41) is 0. The van der Waals surface area contributed by atoms with E-state index in [1.807, 2.05) is 6.07 Å². The maximum Gasteiger partial charge on any atom is 0.127 e. The van der Waals surface area contributed by atoms with Gasteiger partial charge >= 0.3 is 0 Å². The molecule has 0 fully saturated rings. The number of halogens is 2. The van der Waals surface area contributed by atoms with Crippen LogP contribution in [-0.4, -0.2) is 0 Å². The summed E-state index contributed by atoms with van der Waals surface area (Å²) in [6, 6.07) is 5.05. The second-order valence-corrected chi connectivity index (χ2v) is 3.51. The quantitative estimate of drug-likeness (QED) is 0.741. The van der Waals surface area contributed by atoms with Crippen LogP contribution in [0.5, 0.6) is 0 Å². The van der Waals surface area contributed by atoms with Crippen molar-refractivity contribution in [3.8, 4) is 0 Å². The van der Waals surface area contributed by atoms with Crippen molar-refractivity contribution in [2.24, 2.45) is 0 Å². The Morgan fingerprint density at radius 1 is 1.42 bits per heavy atom. The molecule has 1 rings (SSSR count). The van der Waals surface area contributed by atoms with E-state index in [-0.39, 0.29) is 5.82 Å². The fourth-order valence-corrected chi connectivity index (χ4v) is 1.61. The van der Waals surface area contributed by atoms with Gasteiger partial charge in [-0.05, 0) is 25.0 Å². The molecule has 1 radical (unpaired) electrons. The lowest BCUT2D eigenvalue weighted by Gasteiger charge is -2.03. The van der Waals surface area contributed by atoms with Gasteiger partial charge in [0, 0.05) is 10.0 Å². The zero-order valence-electron chi connectivity index (χ0n) is 6.82. The van der Waals surface area contributed by atoms with Crippen LogP contribution in [0.4, 0.5) is 4.39 Å². The van der Waals surface area contributed by atoms with Gasteiger partial charge in [0.25, 0.3) is 0 Å². The summed E-state index contributed by atoms with van der Waals surface area (Å²) in [7, 11) is 0. The molecule has 1 aromatic carbocycles. The number of unbranched alkanes of at least 4 members (excludes halogenated alkanes) is 1. The molecule has 0 aliphatic rings.